The molecule has 3 fully saturated rings. The number of ether oxygens (including phenoxy) is 5. The molecule has 0 radical (unpaired) electrons. The van der Waals surface area contributed by atoms with E-state index in [0.717, 1.165) is 13.8 Å². The van der Waals surface area contributed by atoms with E-state index >= 15 is 0 Å². The quantitative estimate of drug-likeness (QED) is 0.130. The molecule has 17 nitrogen and oxygen atoms in total. The number of hydrogen-bond donors (Lipinski definition) is 10. The molecule has 0 bridgehead atoms. The average Bonchev–Trinajstić information content (AvgIpc) is 2.87. The van der Waals surface area contributed by atoms with Crippen molar-refractivity contribution in [3.63, 3.8) is 0 Å². The molecule has 10 N–H and O–H groups in total. The zero-order chi connectivity index (χ0) is 29.2. The van der Waals surface area contributed by atoms with Crippen LogP contribution in [0.1, 0.15) is 20.8 Å². The van der Waals surface area contributed by atoms with Crippen LogP contribution in [0.25, 0.3) is 0 Å². The molecule has 0 aliphatic carbocycles. The van der Waals surface area contributed by atoms with Gasteiger partial charge in [-0.15, -0.1) is 0 Å². The van der Waals surface area contributed by atoms with Crippen LogP contribution in [0, 0.1) is 0 Å². The summed E-state index contributed by atoms with van der Waals surface area (Å²) in [7, 11) is 0. The minimum absolute atomic E-state index is 0.382. The average molecular weight is 571 g/mol. The summed E-state index contributed by atoms with van der Waals surface area (Å²) < 4.78 is 28.0. The number of carbonyl (C=O) groups is 2. The monoisotopic (exact) mass is 570 g/mol. The van der Waals surface area contributed by atoms with Crippen molar-refractivity contribution in [3.8, 4) is 0 Å². The Bertz CT molecular complexity index is 852. The second kappa shape index (κ2) is 12.9. The summed E-state index contributed by atoms with van der Waals surface area (Å²) in [5.74, 6) is -3.12. The maximum Gasteiger partial charge on any atom is 0.217 e. The van der Waals surface area contributed by atoms with Gasteiger partial charge in [0.1, 0.15) is 67.0 Å². The van der Waals surface area contributed by atoms with E-state index in [4.69, 9.17) is 23.7 Å². The van der Waals surface area contributed by atoms with Crippen LogP contribution in [-0.4, -0.2) is 158 Å². The summed E-state index contributed by atoms with van der Waals surface area (Å²) in [6, 6.07) is -2.81. The van der Waals surface area contributed by atoms with Crippen molar-refractivity contribution in [2.75, 3.05) is 19.8 Å². The molecule has 39 heavy (non-hydrogen) atoms. The third-order valence-corrected chi connectivity index (χ3v) is 6.93. The zero-order valence-corrected chi connectivity index (χ0v) is 21.6. The van der Waals surface area contributed by atoms with Crippen molar-refractivity contribution in [1.82, 2.24) is 10.6 Å². The van der Waals surface area contributed by atoms with Gasteiger partial charge >= 0.3 is 0 Å². The number of carbonyl (C=O) groups excluding carboxylic acids is 2. The van der Waals surface area contributed by atoms with Gasteiger partial charge in [-0.05, 0) is 6.92 Å². The fourth-order valence-corrected chi connectivity index (χ4v) is 4.70. The third kappa shape index (κ3) is 7.02. The first-order chi connectivity index (χ1) is 18.2. The second-order valence-electron chi connectivity index (χ2n) is 9.96. The number of hydrogen-bond acceptors (Lipinski definition) is 15. The van der Waals surface area contributed by atoms with Crippen LogP contribution in [0.2, 0.25) is 0 Å². The molecule has 3 aliphatic heterocycles. The first-order valence-corrected chi connectivity index (χ1v) is 12.4. The van der Waals surface area contributed by atoms with Crippen molar-refractivity contribution >= 4 is 11.8 Å². The zero-order valence-electron chi connectivity index (χ0n) is 21.6. The first-order valence-electron chi connectivity index (χ1n) is 12.4. The van der Waals surface area contributed by atoms with Crippen LogP contribution in [0.5, 0.6) is 0 Å². The highest BCUT2D eigenvalue weighted by molar-refractivity contribution is 5.73. The van der Waals surface area contributed by atoms with Gasteiger partial charge in [-0.2, -0.15) is 0 Å². The van der Waals surface area contributed by atoms with Crippen molar-refractivity contribution < 1.29 is 74.1 Å². The van der Waals surface area contributed by atoms with Crippen molar-refractivity contribution in [2.24, 2.45) is 0 Å². The van der Waals surface area contributed by atoms with Crippen molar-refractivity contribution in [3.05, 3.63) is 0 Å². The van der Waals surface area contributed by atoms with Crippen LogP contribution in [-0.2, 0) is 33.3 Å². The van der Waals surface area contributed by atoms with E-state index in [-0.39, 0.29) is 6.61 Å². The maximum atomic E-state index is 11.8. The molecular formula is C22H38N2O15. The first kappa shape index (κ1) is 31.9. The number of aliphatic hydroxyl groups excluding tert-OH is 8. The van der Waals surface area contributed by atoms with Crippen LogP contribution < -0.4 is 10.6 Å². The summed E-state index contributed by atoms with van der Waals surface area (Å²) in [5.41, 5.74) is 0. The molecule has 3 saturated heterocycles. The Labute approximate surface area is 223 Å². The van der Waals surface area contributed by atoms with E-state index in [2.05, 4.69) is 10.6 Å². The summed E-state index contributed by atoms with van der Waals surface area (Å²) in [5, 5.41) is 86.8. The normalized spacial score (nSPS) is 46.9. The molecule has 17 heteroatoms. The fraction of sp³-hybridized carbons (Fsp3) is 0.909. The number of nitrogens with one attached hydrogen (secondary N) is 2. The highest BCUT2D eigenvalue weighted by Gasteiger charge is 2.53. The summed E-state index contributed by atoms with van der Waals surface area (Å²) in [6.07, 6.45) is -17.3. The van der Waals surface area contributed by atoms with Gasteiger partial charge in [0, 0.05) is 13.8 Å². The van der Waals surface area contributed by atoms with Gasteiger partial charge in [0.25, 0.3) is 0 Å². The predicted octanol–water partition coefficient (Wildman–Crippen LogP) is -6.26. The molecule has 0 unspecified atom stereocenters. The van der Waals surface area contributed by atoms with Gasteiger partial charge in [0.15, 0.2) is 18.4 Å². The highest BCUT2D eigenvalue weighted by atomic mass is 16.7. The Balaban J connectivity index is 1.87. The van der Waals surface area contributed by atoms with Gasteiger partial charge in [-0.3, -0.25) is 9.59 Å². The van der Waals surface area contributed by atoms with Crippen molar-refractivity contribution in [2.45, 2.75) is 106 Å². The molecule has 0 saturated carbocycles. The Morgan fingerprint density at radius 3 is 2.08 bits per heavy atom. The smallest absolute Gasteiger partial charge is 0.217 e. The van der Waals surface area contributed by atoms with E-state index in [1.807, 2.05) is 0 Å². The van der Waals surface area contributed by atoms with Gasteiger partial charge in [0.05, 0.1) is 19.8 Å². The summed E-state index contributed by atoms with van der Waals surface area (Å²) in [4.78, 5) is 23.5. The van der Waals surface area contributed by atoms with Crippen molar-refractivity contribution in [1.29, 1.82) is 0 Å². The van der Waals surface area contributed by atoms with Gasteiger partial charge in [-0.25, -0.2) is 0 Å². The molecule has 3 rings (SSSR count). The van der Waals surface area contributed by atoms with E-state index in [0.29, 0.717) is 0 Å². The second-order valence-corrected chi connectivity index (χ2v) is 9.96. The molecule has 3 heterocycles. The Kier molecular flexibility index (Phi) is 10.6. The standard InChI is InChI=1S/C22H38N2O15/c1-7(26)23-12-17(32)18(39-21-13(24-8(2)27)16(31)15(30)10(4-25)38-21)11(37-20(12)34)6-36-22(3)19(33)14(29)9(28)5-35-22/h9-21,25,28-34H,4-6H2,1-3H3,(H,23,26)(H,24,27)/t9-,10-,11-,12-,13-,14+,15-,16-,17-,18-,19+,20-,21+,22-/m1/s1. The largest absolute Gasteiger partial charge is 0.394 e. The lowest BCUT2D eigenvalue weighted by Crippen LogP contribution is -2.69. The van der Waals surface area contributed by atoms with E-state index < -0.39 is 110 Å². The van der Waals surface area contributed by atoms with Gasteiger partial charge in [-0.1, -0.05) is 0 Å². The number of aliphatic hydroxyl groups is 8. The molecule has 2 amide bonds. The molecule has 14 atom stereocenters. The van der Waals surface area contributed by atoms with Crippen LogP contribution in [0.15, 0.2) is 0 Å². The Morgan fingerprint density at radius 1 is 0.872 bits per heavy atom. The number of rotatable bonds is 8. The lowest BCUT2D eigenvalue weighted by Gasteiger charge is -2.48. The minimum atomic E-state index is -1.86. The summed E-state index contributed by atoms with van der Waals surface area (Å²) >= 11 is 0. The topological polar surface area (TPSA) is 266 Å². The molecule has 3 aliphatic rings. The molecule has 0 aromatic heterocycles. The molecule has 226 valence electrons. The third-order valence-electron chi connectivity index (χ3n) is 6.93. The predicted molar refractivity (Wildman–Crippen MR) is 123 cm³/mol. The summed E-state index contributed by atoms with van der Waals surface area (Å²) in [6.45, 7) is 1.86. The Morgan fingerprint density at radius 2 is 1.49 bits per heavy atom. The van der Waals surface area contributed by atoms with Crippen LogP contribution in [0.4, 0.5) is 0 Å². The van der Waals surface area contributed by atoms with E-state index in [1.54, 1.807) is 0 Å². The van der Waals surface area contributed by atoms with Crippen LogP contribution >= 0.6 is 0 Å². The molecule has 0 aromatic carbocycles. The Hall–Kier alpha value is -1.58. The lowest BCUT2D eigenvalue weighted by molar-refractivity contribution is -0.357. The minimum Gasteiger partial charge on any atom is -0.394 e. The SMILES string of the molecule is CC(=O)N[C@@H]1[C@@H](O)[C@H](O[C@@H]2O[C@H](CO)[C@@H](O)[C@H](O)[C@H]2NC(C)=O)[C@@H](CO[C@@]2(C)OC[C@@H](O)[C@H](O)[C@@H]2O)O[C@H]1O. The molecule has 0 aromatic rings. The van der Waals surface area contributed by atoms with Crippen LogP contribution in [0.3, 0.4) is 0 Å². The van der Waals surface area contributed by atoms with Gasteiger partial charge < -0.3 is 75.2 Å². The lowest BCUT2D eigenvalue weighted by atomic mass is 9.94. The molecule has 0 spiro atoms. The number of amides is 2. The molecular weight excluding hydrogens is 532 g/mol. The highest BCUT2D eigenvalue weighted by Crippen LogP contribution is 2.32. The fourth-order valence-electron chi connectivity index (χ4n) is 4.70. The van der Waals surface area contributed by atoms with Gasteiger partial charge in [0.2, 0.25) is 11.8 Å². The van der Waals surface area contributed by atoms with E-state index in [9.17, 15) is 50.4 Å². The van der Waals surface area contributed by atoms with E-state index in [1.165, 1.54) is 6.92 Å². The maximum absolute atomic E-state index is 11.8.